The van der Waals surface area contributed by atoms with Gasteiger partial charge < -0.3 is 5.32 Å². The van der Waals surface area contributed by atoms with Gasteiger partial charge in [0, 0.05) is 28.5 Å². The van der Waals surface area contributed by atoms with Gasteiger partial charge in [0.1, 0.15) is 0 Å². The van der Waals surface area contributed by atoms with Gasteiger partial charge in [0.15, 0.2) is 0 Å². The molecular weight excluding hydrogens is 264 g/mol. The molecule has 3 heteroatoms. The molecule has 2 nitrogen and oxygen atoms in total. The number of hydrogen-bond donors (Lipinski definition) is 1. The molecule has 2 heterocycles. The third-order valence-electron chi connectivity index (χ3n) is 3.50. The average molecular weight is 282 g/mol. The van der Waals surface area contributed by atoms with Crippen molar-refractivity contribution in [3.63, 3.8) is 0 Å². The third kappa shape index (κ3) is 2.74. The predicted octanol–water partition coefficient (Wildman–Crippen LogP) is 4.46. The van der Waals surface area contributed by atoms with E-state index in [0.717, 1.165) is 17.8 Å². The van der Waals surface area contributed by atoms with Crippen molar-refractivity contribution in [2.24, 2.45) is 0 Å². The number of aromatic nitrogens is 1. The maximum atomic E-state index is 4.59. The molecule has 20 heavy (non-hydrogen) atoms. The van der Waals surface area contributed by atoms with Crippen LogP contribution in [-0.2, 0) is 6.54 Å². The number of fused-ring (bicyclic) bond motifs is 1. The van der Waals surface area contributed by atoms with E-state index in [-0.39, 0.29) is 0 Å². The zero-order valence-electron chi connectivity index (χ0n) is 11.8. The Morgan fingerprint density at radius 2 is 2.05 bits per heavy atom. The maximum absolute atomic E-state index is 4.59. The van der Waals surface area contributed by atoms with Gasteiger partial charge in [-0.05, 0) is 43.0 Å². The molecule has 1 N–H and O–H groups in total. The van der Waals surface area contributed by atoms with Crippen molar-refractivity contribution >= 4 is 22.2 Å². The molecule has 1 aromatic carbocycles. The van der Waals surface area contributed by atoms with Gasteiger partial charge in [-0.25, -0.2) is 0 Å². The number of hydrogen-bond acceptors (Lipinski definition) is 3. The molecule has 0 bridgehead atoms. The Morgan fingerprint density at radius 3 is 2.85 bits per heavy atom. The second-order valence-electron chi connectivity index (χ2n) is 5.06. The van der Waals surface area contributed by atoms with E-state index < -0.39 is 0 Å². The fraction of sp³-hybridized carbons (Fsp3) is 0.235. The van der Waals surface area contributed by atoms with E-state index in [1.807, 2.05) is 6.07 Å². The number of rotatable bonds is 4. The van der Waals surface area contributed by atoms with Gasteiger partial charge in [0.25, 0.3) is 0 Å². The van der Waals surface area contributed by atoms with E-state index in [2.05, 4.69) is 65.9 Å². The summed E-state index contributed by atoms with van der Waals surface area (Å²) >= 11 is 1.80. The molecule has 0 aliphatic heterocycles. The number of para-hydroxylation sites is 1. The molecule has 0 saturated heterocycles. The minimum absolute atomic E-state index is 0.377. The molecule has 0 radical (unpaired) electrons. The Labute approximate surface area is 123 Å². The van der Waals surface area contributed by atoms with E-state index in [4.69, 9.17) is 0 Å². The first-order chi connectivity index (χ1) is 9.74. The SMILES string of the molecule is Cc1cc(CN[C@@H](C)c2cccs2)c2ccccc2n1. The molecule has 0 spiro atoms. The lowest BCUT2D eigenvalue weighted by atomic mass is 10.1. The lowest BCUT2D eigenvalue weighted by molar-refractivity contribution is 0.584. The average Bonchev–Trinajstić information content (AvgIpc) is 2.98. The molecule has 0 saturated carbocycles. The molecule has 3 aromatic rings. The van der Waals surface area contributed by atoms with Crippen molar-refractivity contribution in [1.29, 1.82) is 0 Å². The molecular formula is C17H18N2S. The Hall–Kier alpha value is -1.71. The third-order valence-corrected chi connectivity index (χ3v) is 4.55. The van der Waals surface area contributed by atoms with Gasteiger partial charge in [-0.2, -0.15) is 0 Å². The molecule has 1 atom stereocenters. The highest BCUT2D eigenvalue weighted by atomic mass is 32.1. The van der Waals surface area contributed by atoms with E-state index in [9.17, 15) is 0 Å². The lowest BCUT2D eigenvalue weighted by Gasteiger charge is -2.14. The number of aryl methyl sites for hydroxylation is 1. The zero-order chi connectivity index (χ0) is 13.9. The summed E-state index contributed by atoms with van der Waals surface area (Å²) in [7, 11) is 0. The van der Waals surface area contributed by atoms with E-state index >= 15 is 0 Å². The van der Waals surface area contributed by atoms with Crippen LogP contribution in [0.1, 0.15) is 29.1 Å². The van der Waals surface area contributed by atoms with Crippen LogP contribution in [0.4, 0.5) is 0 Å². The van der Waals surface area contributed by atoms with Crippen LogP contribution in [0.2, 0.25) is 0 Å². The van der Waals surface area contributed by atoms with Crippen LogP contribution in [0.5, 0.6) is 0 Å². The summed E-state index contributed by atoms with van der Waals surface area (Å²) < 4.78 is 0. The Morgan fingerprint density at radius 1 is 1.20 bits per heavy atom. The topological polar surface area (TPSA) is 24.9 Å². The first kappa shape index (κ1) is 13.3. The summed E-state index contributed by atoms with van der Waals surface area (Å²) in [6.07, 6.45) is 0. The second kappa shape index (κ2) is 5.73. The van der Waals surface area contributed by atoms with E-state index in [1.165, 1.54) is 15.8 Å². The zero-order valence-corrected chi connectivity index (χ0v) is 12.6. The summed E-state index contributed by atoms with van der Waals surface area (Å²) in [5.74, 6) is 0. The molecule has 0 fully saturated rings. The minimum Gasteiger partial charge on any atom is -0.305 e. The summed E-state index contributed by atoms with van der Waals surface area (Å²) in [6.45, 7) is 5.13. The minimum atomic E-state index is 0.377. The van der Waals surface area contributed by atoms with Crippen LogP contribution in [0.25, 0.3) is 10.9 Å². The molecule has 102 valence electrons. The van der Waals surface area contributed by atoms with Crippen molar-refractivity contribution in [3.8, 4) is 0 Å². The Bertz CT molecular complexity index is 704. The van der Waals surface area contributed by atoms with Crippen LogP contribution >= 0.6 is 11.3 Å². The highest BCUT2D eigenvalue weighted by Gasteiger charge is 2.08. The van der Waals surface area contributed by atoms with Crippen LogP contribution in [-0.4, -0.2) is 4.98 Å². The monoisotopic (exact) mass is 282 g/mol. The lowest BCUT2D eigenvalue weighted by Crippen LogP contribution is -2.17. The first-order valence-corrected chi connectivity index (χ1v) is 7.74. The fourth-order valence-electron chi connectivity index (χ4n) is 2.44. The van der Waals surface area contributed by atoms with Crippen molar-refractivity contribution in [3.05, 3.63) is 64.0 Å². The number of nitrogens with zero attached hydrogens (tertiary/aromatic N) is 1. The highest BCUT2D eigenvalue weighted by molar-refractivity contribution is 7.10. The maximum Gasteiger partial charge on any atom is 0.0708 e. The van der Waals surface area contributed by atoms with Crippen molar-refractivity contribution in [2.45, 2.75) is 26.4 Å². The molecule has 0 aliphatic carbocycles. The van der Waals surface area contributed by atoms with Crippen molar-refractivity contribution < 1.29 is 0 Å². The Kier molecular flexibility index (Phi) is 3.81. The van der Waals surface area contributed by atoms with Crippen LogP contribution in [0.3, 0.4) is 0 Å². The smallest absolute Gasteiger partial charge is 0.0708 e. The summed E-state index contributed by atoms with van der Waals surface area (Å²) in [5, 5.41) is 6.97. The van der Waals surface area contributed by atoms with Gasteiger partial charge in [-0.3, -0.25) is 4.98 Å². The van der Waals surface area contributed by atoms with Crippen molar-refractivity contribution in [2.75, 3.05) is 0 Å². The number of nitrogens with one attached hydrogen (secondary N) is 1. The van der Waals surface area contributed by atoms with Crippen LogP contribution in [0, 0.1) is 6.92 Å². The molecule has 0 aliphatic rings. The number of thiophene rings is 1. The van der Waals surface area contributed by atoms with E-state index in [0.29, 0.717) is 6.04 Å². The van der Waals surface area contributed by atoms with E-state index in [1.54, 1.807) is 11.3 Å². The normalized spacial score (nSPS) is 12.7. The molecule has 3 rings (SSSR count). The summed E-state index contributed by atoms with van der Waals surface area (Å²) in [4.78, 5) is 5.96. The quantitative estimate of drug-likeness (QED) is 0.764. The number of pyridine rings is 1. The van der Waals surface area contributed by atoms with Gasteiger partial charge in [0.05, 0.1) is 5.52 Å². The second-order valence-corrected chi connectivity index (χ2v) is 6.04. The van der Waals surface area contributed by atoms with Gasteiger partial charge in [0.2, 0.25) is 0 Å². The van der Waals surface area contributed by atoms with Crippen LogP contribution < -0.4 is 5.32 Å². The fourth-order valence-corrected chi connectivity index (χ4v) is 3.20. The van der Waals surface area contributed by atoms with Crippen LogP contribution in [0.15, 0.2) is 47.8 Å². The highest BCUT2D eigenvalue weighted by Crippen LogP contribution is 2.21. The first-order valence-electron chi connectivity index (χ1n) is 6.86. The van der Waals surface area contributed by atoms with Gasteiger partial charge in [-0.1, -0.05) is 24.3 Å². The summed E-state index contributed by atoms with van der Waals surface area (Å²) in [6, 6.07) is 15.2. The largest absolute Gasteiger partial charge is 0.305 e. The van der Waals surface area contributed by atoms with Crippen molar-refractivity contribution in [1.82, 2.24) is 10.3 Å². The number of benzene rings is 1. The molecule has 0 amide bonds. The summed E-state index contributed by atoms with van der Waals surface area (Å²) in [5.41, 5.74) is 3.47. The van der Waals surface area contributed by atoms with Gasteiger partial charge in [-0.15, -0.1) is 11.3 Å². The molecule has 0 unspecified atom stereocenters. The predicted molar refractivity (Wildman–Crippen MR) is 86.1 cm³/mol. The standard InChI is InChI=1S/C17H18N2S/c1-12-10-14(15-6-3-4-7-16(15)19-12)11-18-13(2)17-8-5-9-20-17/h3-10,13,18H,11H2,1-2H3/t13-/m0/s1. The molecule has 2 aromatic heterocycles. The van der Waals surface area contributed by atoms with Gasteiger partial charge >= 0.3 is 0 Å². The Balaban J connectivity index is 1.84.